The summed E-state index contributed by atoms with van der Waals surface area (Å²) in [5.74, 6) is 0.825. The highest BCUT2D eigenvalue weighted by atomic mass is 16.5. The van der Waals surface area contributed by atoms with E-state index in [1.165, 1.54) is 0 Å². The first-order valence-electron chi connectivity index (χ1n) is 5.69. The second-order valence-electron chi connectivity index (χ2n) is 4.58. The molecule has 0 saturated carbocycles. The lowest BCUT2D eigenvalue weighted by molar-refractivity contribution is 0.185. The van der Waals surface area contributed by atoms with Gasteiger partial charge in [0.05, 0.1) is 12.1 Å². The van der Waals surface area contributed by atoms with Crippen LogP contribution in [-0.2, 0) is 4.74 Å². The number of nitrogens with one attached hydrogen (secondary N) is 1. The van der Waals surface area contributed by atoms with E-state index in [9.17, 15) is 0 Å². The van der Waals surface area contributed by atoms with Gasteiger partial charge in [0.25, 0.3) is 0 Å². The fourth-order valence-electron chi connectivity index (χ4n) is 2.00. The summed E-state index contributed by atoms with van der Waals surface area (Å²) in [6.07, 6.45) is 4.32. The zero-order valence-electron chi connectivity index (χ0n) is 9.68. The van der Waals surface area contributed by atoms with Crippen LogP contribution in [0.2, 0.25) is 0 Å². The Bertz CT molecular complexity index is 537. The molecular weight excluding hydrogens is 216 g/mol. The third-order valence-electron chi connectivity index (χ3n) is 2.98. The van der Waals surface area contributed by atoms with Gasteiger partial charge in [-0.05, 0) is 25.5 Å². The molecule has 0 aliphatic carbocycles. The van der Waals surface area contributed by atoms with Crippen LogP contribution in [-0.4, -0.2) is 33.7 Å². The lowest BCUT2D eigenvalue weighted by atomic mass is 10.0. The van der Waals surface area contributed by atoms with Gasteiger partial charge in [-0.15, -0.1) is 0 Å². The molecular formula is C12H14N4O. The molecule has 0 radical (unpaired) electrons. The van der Waals surface area contributed by atoms with Crippen LogP contribution >= 0.6 is 0 Å². The maximum absolute atomic E-state index is 5.40. The van der Waals surface area contributed by atoms with Gasteiger partial charge in [0.2, 0.25) is 0 Å². The van der Waals surface area contributed by atoms with Gasteiger partial charge in [0, 0.05) is 19.0 Å². The van der Waals surface area contributed by atoms with Crippen molar-refractivity contribution in [2.45, 2.75) is 18.9 Å². The summed E-state index contributed by atoms with van der Waals surface area (Å²) in [7, 11) is 0. The number of pyridine rings is 1. The van der Waals surface area contributed by atoms with Crippen molar-refractivity contribution in [1.29, 1.82) is 0 Å². The maximum atomic E-state index is 5.40. The van der Waals surface area contributed by atoms with E-state index in [0.29, 0.717) is 12.3 Å². The van der Waals surface area contributed by atoms with E-state index in [1.54, 1.807) is 12.4 Å². The Kier molecular flexibility index (Phi) is 2.40. The highest BCUT2D eigenvalue weighted by Gasteiger charge is 2.29. The van der Waals surface area contributed by atoms with Gasteiger partial charge in [0.1, 0.15) is 11.3 Å². The van der Waals surface area contributed by atoms with Gasteiger partial charge in [-0.1, -0.05) is 0 Å². The summed E-state index contributed by atoms with van der Waals surface area (Å²) in [6.45, 7) is 3.66. The number of rotatable bonds is 2. The summed E-state index contributed by atoms with van der Waals surface area (Å²) < 4.78 is 5.40. The third kappa shape index (κ3) is 2.06. The smallest absolute Gasteiger partial charge is 0.180 e. The molecule has 0 amide bonds. The topological polar surface area (TPSA) is 59.9 Å². The lowest BCUT2D eigenvalue weighted by Crippen LogP contribution is -2.35. The number of aromatic nitrogens is 3. The molecule has 0 bridgehead atoms. The predicted molar refractivity (Wildman–Crippen MR) is 64.8 cm³/mol. The quantitative estimate of drug-likeness (QED) is 0.849. The maximum Gasteiger partial charge on any atom is 0.180 e. The molecule has 1 fully saturated rings. The molecule has 2 aromatic rings. The molecule has 5 heteroatoms. The van der Waals surface area contributed by atoms with Crippen LogP contribution in [0.1, 0.15) is 13.3 Å². The van der Waals surface area contributed by atoms with E-state index in [1.807, 2.05) is 12.1 Å². The van der Waals surface area contributed by atoms with Gasteiger partial charge in [-0.2, -0.15) is 0 Å². The van der Waals surface area contributed by atoms with Crippen molar-refractivity contribution < 1.29 is 4.74 Å². The lowest BCUT2D eigenvalue weighted by Gasteiger charge is -2.24. The Labute approximate surface area is 99.3 Å². The molecule has 1 saturated heterocycles. The Balaban J connectivity index is 1.90. The zero-order valence-corrected chi connectivity index (χ0v) is 9.68. The standard InChI is InChI=1S/C12H14N4O/c1-12(4-7-17-8-12)16-10-3-2-9-11(15-10)14-6-5-13-9/h2-3,5-6H,4,7-8H2,1H3,(H,14,15,16). The minimum Gasteiger partial charge on any atom is -0.379 e. The highest BCUT2D eigenvalue weighted by molar-refractivity contribution is 5.71. The molecule has 5 nitrogen and oxygen atoms in total. The van der Waals surface area contributed by atoms with Gasteiger partial charge < -0.3 is 10.1 Å². The molecule has 3 heterocycles. The number of nitrogens with zero attached hydrogens (tertiary/aromatic N) is 3. The molecule has 1 N–H and O–H groups in total. The molecule has 1 aliphatic heterocycles. The van der Waals surface area contributed by atoms with Crippen molar-refractivity contribution in [1.82, 2.24) is 15.0 Å². The number of hydrogen-bond acceptors (Lipinski definition) is 5. The summed E-state index contributed by atoms with van der Waals surface area (Å²) >= 11 is 0. The van der Waals surface area contributed by atoms with E-state index in [-0.39, 0.29) is 5.54 Å². The van der Waals surface area contributed by atoms with E-state index >= 15 is 0 Å². The Hall–Kier alpha value is -1.75. The fourth-order valence-corrected chi connectivity index (χ4v) is 2.00. The minimum atomic E-state index is -0.0249. The molecule has 88 valence electrons. The van der Waals surface area contributed by atoms with Gasteiger partial charge in [-0.25, -0.2) is 9.97 Å². The van der Waals surface area contributed by atoms with Crippen LogP contribution in [0.4, 0.5) is 5.82 Å². The molecule has 0 spiro atoms. The Morgan fingerprint density at radius 1 is 1.29 bits per heavy atom. The number of fused-ring (bicyclic) bond motifs is 1. The van der Waals surface area contributed by atoms with E-state index in [2.05, 4.69) is 27.2 Å². The number of ether oxygens (including phenoxy) is 1. The molecule has 17 heavy (non-hydrogen) atoms. The van der Waals surface area contributed by atoms with Crippen LogP contribution in [0, 0.1) is 0 Å². The van der Waals surface area contributed by atoms with Crippen LogP contribution in [0.15, 0.2) is 24.5 Å². The third-order valence-corrected chi connectivity index (χ3v) is 2.98. The van der Waals surface area contributed by atoms with Crippen LogP contribution in [0.5, 0.6) is 0 Å². The molecule has 0 aromatic carbocycles. The predicted octanol–water partition coefficient (Wildman–Crippen LogP) is 1.62. The Morgan fingerprint density at radius 3 is 3.00 bits per heavy atom. The van der Waals surface area contributed by atoms with E-state index in [4.69, 9.17) is 4.74 Å². The molecule has 1 aliphatic rings. The summed E-state index contributed by atoms with van der Waals surface area (Å²) in [4.78, 5) is 12.8. The number of anilines is 1. The first kappa shape index (κ1) is 10.4. The Morgan fingerprint density at radius 2 is 2.18 bits per heavy atom. The van der Waals surface area contributed by atoms with Gasteiger partial charge in [-0.3, -0.25) is 4.98 Å². The summed E-state index contributed by atoms with van der Waals surface area (Å²) in [6, 6.07) is 3.86. The normalized spacial score (nSPS) is 24.1. The second-order valence-corrected chi connectivity index (χ2v) is 4.58. The largest absolute Gasteiger partial charge is 0.379 e. The summed E-state index contributed by atoms with van der Waals surface area (Å²) in [5, 5.41) is 3.41. The highest BCUT2D eigenvalue weighted by Crippen LogP contribution is 2.23. The first-order chi connectivity index (χ1) is 8.25. The average molecular weight is 230 g/mol. The number of hydrogen-bond donors (Lipinski definition) is 1. The molecule has 1 atom stereocenters. The molecule has 2 aromatic heterocycles. The van der Waals surface area contributed by atoms with E-state index in [0.717, 1.165) is 24.4 Å². The van der Waals surface area contributed by atoms with Crippen LogP contribution in [0.3, 0.4) is 0 Å². The van der Waals surface area contributed by atoms with Crippen molar-refractivity contribution in [2.24, 2.45) is 0 Å². The molecule has 1 unspecified atom stereocenters. The van der Waals surface area contributed by atoms with Crippen molar-refractivity contribution in [2.75, 3.05) is 18.5 Å². The van der Waals surface area contributed by atoms with Gasteiger partial charge in [0.15, 0.2) is 5.65 Å². The minimum absolute atomic E-state index is 0.0249. The monoisotopic (exact) mass is 230 g/mol. The SMILES string of the molecule is CC1(Nc2ccc3nccnc3n2)CCOC1. The van der Waals surface area contributed by atoms with Crippen LogP contribution in [0.25, 0.3) is 11.2 Å². The zero-order chi connectivity index (χ0) is 11.7. The van der Waals surface area contributed by atoms with Crippen molar-refractivity contribution in [3.05, 3.63) is 24.5 Å². The molecule has 3 rings (SSSR count). The van der Waals surface area contributed by atoms with E-state index < -0.39 is 0 Å². The van der Waals surface area contributed by atoms with Crippen molar-refractivity contribution >= 4 is 17.0 Å². The first-order valence-corrected chi connectivity index (χ1v) is 5.69. The van der Waals surface area contributed by atoms with Crippen LogP contribution < -0.4 is 5.32 Å². The average Bonchev–Trinajstić information content (AvgIpc) is 2.76. The van der Waals surface area contributed by atoms with Crippen molar-refractivity contribution in [3.8, 4) is 0 Å². The fraction of sp³-hybridized carbons (Fsp3) is 0.417. The van der Waals surface area contributed by atoms with Gasteiger partial charge >= 0.3 is 0 Å². The van der Waals surface area contributed by atoms with Crippen molar-refractivity contribution in [3.63, 3.8) is 0 Å². The summed E-state index contributed by atoms with van der Waals surface area (Å²) in [5.41, 5.74) is 1.45. The second kappa shape index (κ2) is 3.92.